The Bertz CT molecular complexity index is 1310. The van der Waals surface area contributed by atoms with Crippen LogP contribution in [0.5, 0.6) is 6.01 Å². The Balaban J connectivity index is 1.45. The molecule has 4 heterocycles. The van der Waals surface area contributed by atoms with Crippen molar-refractivity contribution >= 4 is 36.5 Å². The molecule has 0 spiro atoms. The molecule has 0 radical (unpaired) electrons. The first kappa shape index (κ1) is 30.3. The van der Waals surface area contributed by atoms with Crippen molar-refractivity contribution in [3.05, 3.63) is 35.4 Å². The van der Waals surface area contributed by atoms with Crippen LogP contribution < -0.4 is 9.64 Å². The largest absolute Gasteiger partial charge is 0.456 e. The first-order chi connectivity index (χ1) is 19.7. The third-order valence-electron chi connectivity index (χ3n) is 7.59. The van der Waals surface area contributed by atoms with Crippen molar-refractivity contribution in [2.45, 2.75) is 83.5 Å². The average molecular weight is 603 g/mol. The Hall–Kier alpha value is -2.21. The quantitative estimate of drug-likeness (QED) is 0.200. The van der Waals surface area contributed by atoms with E-state index in [1.54, 1.807) is 0 Å². The number of hydrogen-bond acceptors (Lipinski definition) is 8. The number of pyridine rings is 1. The Labute approximate surface area is 248 Å². The number of benzene rings is 1. The summed E-state index contributed by atoms with van der Waals surface area (Å²) >= 11 is 6.78. The lowest BCUT2D eigenvalue weighted by Crippen LogP contribution is -2.35. The van der Waals surface area contributed by atoms with Gasteiger partial charge >= 0.3 is 6.01 Å². The van der Waals surface area contributed by atoms with Crippen molar-refractivity contribution in [2.75, 3.05) is 37.8 Å². The van der Waals surface area contributed by atoms with Crippen LogP contribution in [-0.2, 0) is 20.9 Å². The summed E-state index contributed by atoms with van der Waals surface area (Å²) < 4.78 is 25.9. The van der Waals surface area contributed by atoms with Gasteiger partial charge in [0.05, 0.1) is 23.9 Å². The molecule has 0 saturated carbocycles. The molecule has 225 valence electrons. The standard InChI is InChI=1S/C30H43ClN4O5Si/c1-6-12-34(13-7-2)21-10-8-20(9-11-21)26-22(31)16-23-29(33-26)35(19-37-14-15-41(3,4)5)30(32-23)40-25-18-39-27-24(36)17-38-28(25)27/h8-11,16,24-25,27-28,36H,6-7,12-15,17-19H2,1-5H3/q-1/t24-,25-,27-,28-/m1/s1. The maximum absolute atomic E-state index is 10.2. The number of hydrogen-bond donors (Lipinski definition) is 1. The molecular formula is C30H43ClN4O5Si-. The van der Waals surface area contributed by atoms with Gasteiger partial charge in [0.25, 0.3) is 0 Å². The fourth-order valence-electron chi connectivity index (χ4n) is 5.37. The lowest BCUT2D eigenvalue weighted by atomic mass is 10.1. The van der Waals surface area contributed by atoms with Crippen LogP contribution in [0.3, 0.4) is 0 Å². The highest BCUT2D eigenvalue weighted by atomic mass is 35.5. The van der Waals surface area contributed by atoms with Crippen LogP contribution in [-0.4, -0.2) is 85.0 Å². The van der Waals surface area contributed by atoms with Gasteiger partial charge in [0, 0.05) is 30.9 Å². The molecule has 9 nitrogen and oxygen atoms in total. The summed E-state index contributed by atoms with van der Waals surface area (Å²) in [5, 5.41) is 10.7. The van der Waals surface area contributed by atoms with Crippen LogP contribution in [0.25, 0.3) is 22.4 Å². The maximum Gasteiger partial charge on any atom is 0.301 e. The van der Waals surface area contributed by atoms with Gasteiger partial charge in [-0.05, 0) is 31.0 Å². The maximum atomic E-state index is 10.2. The Morgan fingerprint density at radius 2 is 1.76 bits per heavy atom. The molecule has 11 heteroatoms. The summed E-state index contributed by atoms with van der Waals surface area (Å²) in [5.41, 5.74) is 4.08. The molecular weight excluding hydrogens is 560 g/mol. The molecule has 1 aromatic carbocycles. The summed E-state index contributed by atoms with van der Waals surface area (Å²) in [6.07, 6.45) is 0.409. The number of halogens is 1. The number of nitrogens with zero attached hydrogens (tertiary/aromatic N) is 4. The van der Waals surface area contributed by atoms with E-state index >= 15 is 0 Å². The average Bonchev–Trinajstić information content (AvgIpc) is 3.60. The number of ether oxygens (including phenoxy) is 4. The predicted molar refractivity (Wildman–Crippen MR) is 165 cm³/mol. The van der Waals surface area contributed by atoms with Gasteiger partial charge in [0.2, 0.25) is 0 Å². The van der Waals surface area contributed by atoms with Crippen LogP contribution in [0.1, 0.15) is 26.7 Å². The minimum absolute atomic E-state index is 0.235. The minimum atomic E-state index is -1.26. The summed E-state index contributed by atoms with van der Waals surface area (Å²) in [5.74, 6) is 0. The SMILES string of the molecule is CCCN(CCC)c1ccc(-c2nc3c(cc2Cl)nc(O[C@@H]2CO[C@H]4[C@@H]2OC[C@H]4O)n3COCC[Si-](C)(C)C)cc1. The highest BCUT2D eigenvalue weighted by Gasteiger charge is 2.49. The van der Waals surface area contributed by atoms with Gasteiger partial charge in [-0.2, -0.15) is 24.6 Å². The molecule has 4 atom stereocenters. The van der Waals surface area contributed by atoms with E-state index in [0.29, 0.717) is 41.1 Å². The fraction of sp³-hybridized carbons (Fsp3) is 0.600. The molecule has 5 rings (SSSR count). The van der Waals surface area contributed by atoms with Gasteiger partial charge in [-0.3, -0.25) is 4.57 Å². The lowest BCUT2D eigenvalue weighted by Gasteiger charge is -2.26. The van der Waals surface area contributed by atoms with Crippen LogP contribution in [0.4, 0.5) is 5.69 Å². The van der Waals surface area contributed by atoms with Crippen LogP contribution in [0.2, 0.25) is 30.7 Å². The molecule has 0 aliphatic carbocycles. The molecule has 0 bridgehead atoms. The zero-order chi connectivity index (χ0) is 29.1. The number of aliphatic hydroxyl groups is 1. The van der Waals surface area contributed by atoms with Crippen molar-refractivity contribution in [3.63, 3.8) is 0 Å². The number of anilines is 1. The molecule has 41 heavy (non-hydrogen) atoms. The molecule has 1 N–H and O–H groups in total. The van der Waals surface area contributed by atoms with Gasteiger partial charge in [-0.25, -0.2) is 4.98 Å². The van der Waals surface area contributed by atoms with Gasteiger partial charge < -0.3 is 29.0 Å². The summed E-state index contributed by atoms with van der Waals surface area (Å²) in [6, 6.07) is 11.7. The van der Waals surface area contributed by atoms with Gasteiger partial charge in [0.1, 0.15) is 30.6 Å². The molecule has 2 aliphatic heterocycles. The van der Waals surface area contributed by atoms with Gasteiger partial charge in [-0.1, -0.05) is 37.6 Å². The topological polar surface area (TPSA) is 91.1 Å². The Kier molecular flexibility index (Phi) is 9.57. The van der Waals surface area contributed by atoms with Crippen molar-refractivity contribution in [2.24, 2.45) is 0 Å². The number of aliphatic hydroxyl groups excluding tert-OH is 1. The van der Waals surface area contributed by atoms with Crippen LogP contribution in [0.15, 0.2) is 30.3 Å². The zero-order valence-electron chi connectivity index (χ0n) is 24.8. The predicted octanol–water partition coefficient (Wildman–Crippen LogP) is 5.60. The van der Waals surface area contributed by atoms with E-state index in [0.717, 1.165) is 37.5 Å². The van der Waals surface area contributed by atoms with E-state index in [1.807, 2.05) is 10.6 Å². The van der Waals surface area contributed by atoms with Gasteiger partial charge in [0.15, 0.2) is 11.8 Å². The summed E-state index contributed by atoms with van der Waals surface area (Å²) in [7, 11) is -1.26. The molecule has 3 aromatic rings. The van der Waals surface area contributed by atoms with E-state index in [2.05, 4.69) is 62.7 Å². The van der Waals surface area contributed by atoms with Crippen molar-refractivity contribution in [1.29, 1.82) is 0 Å². The summed E-state index contributed by atoms with van der Waals surface area (Å²) in [6.45, 7) is 14.9. The molecule has 2 aliphatic rings. The molecule has 2 fully saturated rings. The minimum Gasteiger partial charge on any atom is -0.456 e. The third-order valence-corrected chi connectivity index (χ3v) is 9.58. The van der Waals surface area contributed by atoms with E-state index in [1.165, 1.54) is 5.69 Å². The van der Waals surface area contributed by atoms with E-state index in [-0.39, 0.29) is 19.4 Å². The highest BCUT2D eigenvalue weighted by Crippen LogP contribution is 2.34. The molecule has 0 unspecified atom stereocenters. The van der Waals surface area contributed by atoms with Crippen LogP contribution in [0, 0.1) is 0 Å². The second-order valence-corrected chi connectivity index (χ2v) is 18.2. The van der Waals surface area contributed by atoms with Gasteiger partial charge in [-0.15, -0.1) is 14.1 Å². The smallest absolute Gasteiger partial charge is 0.301 e. The normalized spacial score (nSPS) is 22.4. The van der Waals surface area contributed by atoms with Crippen LogP contribution >= 0.6 is 11.6 Å². The Morgan fingerprint density at radius 3 is 2.44 bits per heavy atom. The lowest BCUT2D eigenvalue weighted by molar-refractivity contribution is 0.00336. The Morgan fingerprint density at radius 1 is 1.05 bits per heavy atom. The van der Waals surface area contributed by atoms with E-state index in [9.17, 15) is 5.11 Å². The molecule has 2 aromatic heterocycles. The molecule has 0 amide bonds. The number of fused-ring (bicyclic) bond motifs is 2. The second kappa shape index (κ2) is 13.0. The van der Waals surface area contributed by atoms with E-state index < -0.39 is 26.4 Å². The zero-order valence-corrected chi connectivity index (χ0v) is 26.6. The van der Waals surface area contributed by atoms with Crippen molar-refractivity contribution in [1.82, 2.24) is 14.5 Å². The third kappa shape index (κ3) is 6.89. The highest BCUT2D eigenvalue weighted by molar-refractivity contribution is 6.76. The van der Waals surface area contributed by atoms with Crippen molar-refractivity contribution in [3.8, 4) is 17.3 Å². The van der Waals surface area contributed by atoms with Crippen molar-refractivity contribution < 1.29 is 24.1 Å². The fourth-order valence-corrected chi connectivity index (χ4v) is 6.38. The van der Waals surface area contributed by atoms with E-state index in [4.69, 9.17) is 40.5 Å². The molecule has 2 saturated heterocycles. The first-order valence-electron chi connectivity index (χ1n) is 14.8. The number of imidazole rings is 1. The summed E-state index contributed by atoms with van der Waals surface area (Å²) in [4.78, 5) is 12.2. The monoisotopic (exact) mass is 602 g/mol. The number of rotatable bonds is 13. The first-order valence-corrected chi connectivity index (χ1v) is 18.8. The second-order valence-electron chi connectivity index (χ2n) is 12.2. The number of aromatic nitrogens is 3.